The predicted octanol–water partition coefficient (Wildman–Crippen LogP) is 1.79. The third-order valence-electron chi connectivity index (χ3n) is 2.51. The van der Waals surface area contributed by atoms with Gasteiger partial charge in [-0.05, 0) is 30.3 Å². The van der Waals surface area contributed by atoms with Crippen molar-refractivity contribution < 1.29 is 0 Å². The van der Waals surface area contributed by atoms with Gasteiger partial charge in [-0.25, -0.2) is 19.9 Å². The molecule has 3 heterocycles. The number of hydrogen-bond donors (Lipinski definition) is 2. The smallest absolute Gasteiger partial charge is 0.181 e. The second-order valence-electron chi connectivity index (χ2n) is 3.76. The molecule has 0 atom stereocenters. The maximum absolute atomic E-state index is 5.86. The fraction of sp³-hybridized carbons (Fsp3) is 0.0909. The molecular weight excluding hydrogens is 248 g/mol. The fourth-order valence-electron chi connectivity index (χ4n) is 1.49. The number of rotatable bonds is 2. The van der Waals surface area contributed by atoms with Crippen molar-refractivity contribution in [2.24, 2.45) is 0 Å². The molecule has 0 aliphatic rings. The van der Waals surface area contributed by atoms with Gasteiger partial charge in [-0.15, -0.1) is 0 Å². The van der Waals surface area contributed by atoms with Gasteiger partial charge in [0.1, 0.15) is 21.9 Å². The van der Waals surface area contributed by atoms with E-state index in [0.717, 1.165) is 26.8 Å². The van der Waals surface area contributed by atoms with Gasteiger partial charge in [0.05, 0.1) is 6.33 Å². The third-order valence-corrected chi connectivity index (χ3v) is 3.44. The van der Waals surface area contributed by atoms with Crippen LogP contribution < -0.4 is 5.73 Å². The molecule has 0 unspecified atom stereocenters. The van der Waals surface area contributed by atoms with Gasteiger partial charge >= 0.3 is 0 Å². The maximum atomic E-state index is 5.86. The first-order chi connectivity index (χ1) is 8.74. The van der Waals surface area contributed by atoms with Gasteiger partial charge in [0.15, 0.2) is 5.65 Å². The lowest BCUT2D eigenvalue weighted by molar-refractivity contribution is 1.06. The highest BCUT2D eigenvalue weighted by Crippen LogP contribution is 2.29. The number of fused-ring (bicyclic) bond motifs is 1. The van der Waals surface area contributed by atoms with E-state index >= 15 is 0 Å². The lowest BCUT2D eigenvalue weighted by Crippen LogP contribution is -1.93. The zero-order valence-corrected chi connectivity index (χ0v) is 10.4. The molecule has 0 saturated heterocycles. The molecule has 18 heavy (non-hydrogen) atoms. The molecule has 3 aromatic rings. The Morgan fingerprint density at radius 1 is 1.22 bits per heavy atom. The molecule has 3 rings (SSSR count). The van der Waals surface area contributed by atoms with Crippen molar-refractivity contribution in [1.29, 1.82) is 0 Å². The number of nitrogen functional groups attached to an aromatic ring is 1. The quantitative estimate of drug-likeness (QED) is 0.681. The molecule has 7 heteroatoms. The number of aromatic nitrogens is 5. The van der Waals surface area contributed by atoms with Crippen LogP contribution >= 0.6 is 11.8 Å². The first kappa shape index (κ1) is 11.0. The molecule has 3 aromatic heterocycles. The Bertz CT molecular complexity index is 708. The Morgan fingerprint density at radius 3 is 2.94 bits per heavy atom. The van der Waals surface area contributed by atoms with Crippen LogP contribution in [-0.4, -0.2) is 24.9 Å². The van der Waals surface area contributed by atoms with E-state index in [2.05, 4.69) is 24.9 Å². The van der Waals surface area contributed by atoms with Gasteiger partial charge in [0.2, 0.25) is 0 Å². The monoisotopic (exact) mass is 258 g/mol. The lowest BCUT2D eigenvalue weighted by atomic mass is 10.3. The summed E-state index contributed by atoms with van der Waals surface area (Å²) in [7, 11) is 0. The molecule has 0 amide bonds. The van der Waals surface area contributed by atoms with Crippen molar-refractivity contribution in [2.75, 3.05) is 5.73 Å². The lowest BCUT2D eigenvalue weighted by Gasteiger charge is -2.03. The summed E-state index contributed by atoms with van der Waals surface area (Å²) < 4.78 is 0. The highest BCUT2D eigenvalue weighted by atomic mass is 32.2. The van der Waals surface area contributed by atoms with E-state index in [-0.39, 0.29) is 0 Å². The minimum Gasteiger partial charge on any atom is -0.398 e. The molecule has 90 valence electrons. The Morgan fingerprint density at radius 2 is 2.11 bits per heavy atom. The van der Waals surface area contributed by atoms with E-state index in [0.29, 0.717) is 5.65 Å². The first-order valence-electron chi connectivity index (χ1n) is 5.28. The number of hydrogen-bond acceptors (Lipinski definition) is 6. The van der Waals surface area contributed by atoms with Crippen molar-refractivity contribution in [3.05, 3.63) is 30.5 Å². The second kappa shape index (κ2) is 4.26. The number of imidazole rings is 1. The number of nitrogens with one attached hydrogen (secondary N) is 1. The highest BCUT2D eigenvalue weighted by molar-refractivity contribution is 7.99. The maximum Gasteiger partial charge on any atom is 0.181 e. The zero-order valence-electron chi connectivity index (χ0n) is 9.58. The van der Waals surface area contributed by atoms with E-state index < -0.39 is 0 Å². The van der Waals surface area contributed by atoms with E-state index in [4.69, 9.17) is 5.73 Å². The Balaban J connectivity index is 2.01. The SMILES string of the molecule is Cc1cnc(Sc2ncnc3nc[nH]c23)cc1N. The molecule has 6 nitrogen and oxygen atoms in total. The summed E-state index contributed by atoms with van der Waals surface area (Å²) in [5.74, 6) is 0. The number of aromatic amines is 1. The van der Waals surface area contributed by atoms with Gasteiger partial charge < -0.3 is 10.7 Å². The number of aryl methyl sites for hydroxylation is 1. The predicted molar refractivity (Wildman–Crippen MR) is 69.2 cm³/mol. The molecule has 0 radical (unpaired) electrons. The largest absolute Gasteiger partial charge is 0.398 e. The van der Waals surface area contributed by atoms with Crippen LogP contribution in [-0.2, 0) is 0 Å². The fourth-order valence-corrected chi connectivity index (χ4v) is 2.34. The van der Waals surface area contributed by atoms with Crippen LogP contribution in [0.1, 0.15) is 5.56 Å². The van der Waals surface area contributed by atoms with Crippen LogP contribution in [0.3, 0.4) is 0 Å². The van der Waals surface area contributed by atoms with Crippen molar-refractivity contribution in [2.45, 2.75) is 17.0 Å². The van der Waals surface area contributed by atoms with Crippen molar-refractivity contribution in [1.82, 2.24) is 24.9 Å². The van der Waals surface area contributed by atoms with Crippen LogP contribution in [0, 0.1) is 6.92 Å². The van der Waals surface area contributed by atoms with Crippen LogP contribution in [0.5, 0.6) is 0 Å². The van der Waals surface area contributed by atoms with Crippen molar-refractivity contribution >= 4 is 28.6 Å². The number of nitrogens with zero attached hydrogens (tertiary/aromatic N) is 4. The summed E-state index contributed by atoms with van der Waals surface area (Å²) in [4.78, 5) is 19.7. The second-order valence-corrected chi connectivity index (χ2v) is 4.77. The summed E-state index contributed by atoms with van der Waals surface area (Å²) >= 11 is 1.43. The standard InChI is InChI=1S/C11H10N6S/c1-6-3-13-8(2-7(6)12)18-11-9-10(15-4-14-9)16-5-17-11/h2-5H,1H3,(H2,12,13)(H,14,15,16,17). The summed E-state index contributed by atoms with van der Waals surface area (Å²) in [6, 6.07) is 1.84. The summed E-state index contributed by atoms with van der Waals surface area (Å²) in [5, 5.41) is 1.58. The number of anilines is 1. The average molecular weight is 258 g/mol. The van der Waals surface area contributed by atoms with Crippen LogP contribution in [0.25, 0.3) is 11.2 Å². The van der Waals surface area contributed by atoms with Crippen LogP contribution in [0.15, 0.2) is 35.0 Å². The average Bonchev–Trinajstić information content (AvgIpc) is 2.83. The number of pyridine rings is 1. The van der Waals surface area contributed by atoms with Crippen molar-refractivity contribution in [3.8, 4) is 0 Å². The summed E-state index contributed by atoms with van der Waals surface area (Å²) in [6.07, 6.45) is 4.84. The molecule has 0 aliphatic carbocycles. The highest BCUT2D eigenvalue weighted by Gasteiger charge is 2.09. The first-order valence-corrected chi connectivity index (χ1v) is 6.10. The minimum absolute atomic E-state index is 0.646. The molecule has 3 N–H and O–H groups in total. The van der Waals surface area contributed by atoms with Gasteiger partial charge in [-0.2, -0.15) is 0 Å². The molecule has 0 bridgehead atoms. The zero-order chi connectivity index (χ0) is 12.5. The summed E-state index contributed by atoms with van der Waals surface area (Å²) in [6.45, 7) is 1.93. The van der Waals surface area contributed by atoms with E-state index in [1.54, 1.807) is 12.5 Å². The minimum atomic E-state index is 0.646. The third kappa shape index (κ3) is 1.88. The van der Waals surface area contributed by atoms with Gasteiger partial charge in [-0.3, -0.25) is 0 Å². The van der Waals surface area contributed by atoms with E-state index in [1.807, 2.05) is 13.0 Å². The Labute approximate surface area is 107 Å². The molecule has 0 aromatic carbocycles. The topological polar surface area (TPSA) is 93.4 Å². The molecular formula is C11H10N6S. The normalized spacial score (nSPS) is 10.9. The van der Waals surface area contributed by atoms with Crippen molar-refractivity contribution in [3.63, 3.8) is 0 Å². The van der Waals surface area contributed by atoms with E-state index in [9.17, 15) is 0 Å². The molecule has 0 aliphatic heterocycles. The van der Waals surface area contributed by atoms with Crippen LogP contribution in [0.2, 0.25) is 0 Å². The molecule has 0 spiro atoms. The van der Waals surface area contributed by atoms with Gasteiger partial charge in [0, 0.05) is 11.9 Å². The van der Waals surface area contributed by atoms with Crippen LogP contribution in [0.4, 0.5) is 5.69 Å². The number of H-pyrrole nitrogens is 1. The van der Waals surface area contributed by atoms with Gasteiger partial charge in [-0.1, -0.05) is 0 Å². The molecule has 0 fully saturated rings. The van der Waals surface area contributed by atoms with Gasteiger partial charge in [0.25, 0.3) is 0 Å². The Kier molecular flexibility index (Phi) is 2.60. The number of nitrogens with two attached hydrogens (primary N) is 1. The van der Waals surface area contributed by atoms with E-state index in [1.165, 1.54) is 18.1 Å². The molecule has 0 saturated carbocycles. The summed E-state index contributed by atoms with van der Waals surface area (Å²) in [5.41, 5.74) is 9.01. The Hall–Kier alpha value is -2.15.